The summed E-state index contributed by atoms with van der Waals surface area (Å²) in [6, 6.07) is 28.2. The number of nitrogens with zero attached hydrogens (tertiary/aromatic N) is 2. The first kappa shape index (κ1) is 22.3. The highest BCUT2D eigenvalue weighted by Crippen LogP contribution is 2.40. The highest BCUT2D eigenvalue weighted by atomic mass is 32.1. The van der Waals surface area contributed by atoms with Crippen LogP contribution in [0.25, 0.3) is 10.6 Å². The Morgan fingerprint density at radius 3 is 2.37 bits per heavy atom. The molecule has 0 saturated heterocycles. The second-order valence-corrected chi connectivity index (χ2v) is 9.54. The summed E-state index contributed by atoms with van der Waals surface area (Å²) < 4.78 is 5.82. The first-order valence-corrected chi connectivity index (χ1v) is 12.2. The van der Waals surface area contributed by atoms with Crippen LogP contribution in [0, 0.1) is 11.3 Å². The number of hydrogen-bond acceptors (Lipinski definition) is 8. The molecule has 2 aromatic carbocycles. The summed E-state index contributed by atoms with van der Waals surface area (Å²) in [5, 5.41) is 13.4. The number of carbonyl (C=O) groups excluding carboxylic acids is 1. The van der Waals surface area contributed by atoms with Crippen molar-refractivity contribution in [1.29, 1.82) is 5.26 Å². The summed E-state index contributed by atoms with van der Waals surface area (Å²) in [6.45, 7) is 0. The van der Waals surface area contributed by atoms with E-state index in [1.165, 1.54) is 22.7 Å². The Hall–Kier alpha value is -4.45. The van der Waals surface area contributed by atoms with Crippen LogP contribution in [0.4, 0.5) is 16.4 Å². The Kier molecular flexibility index (Phi) is 6.26. The number of carbonyl (C=O) groups is 1. The Bertz CT molecular complexity index is 1520. The summed E-state index contributed by atoms with van der Waals surface area (Å²) in [4.78, 5) is 19.3. The number of benzene rings is 2. The van der Waals surface area contributed by atoms with Crippen molar-refractivity contribution in [2.75, 3.05) is 11.1 Å². The summed E-state index contributed by atoms with van der Waals surface area (Å²) in [7, 11) is 0. The Balaban J connectivity index is 1.36. The molecule has 0 unspecified atom stereocenters. The lowest BCUT2D eigenvalue weighted by atomic mass is 10.2. The van der Waals surface area contributed by atoms with Crippen molar-refractivity contribution in [2.45, 2.75) is 0 Å². The molecule has 0 aliphatic rings. The van der Waals surface area contributed by atoms with Crippen LogP contribution in [0.2, 0.25) is 0 Å². The van der Waals surface area contributed by atoms with Crippen LogP contribution >= 0.6 is 22.7 Å². The minimum atomic E-state index is -0.212. The maximum Gasteiger partial charge on any atom is 0.215 e. The molecule has 0 amide bonds. The molecule has 0 spiro atoms. The summed E-state index contributed by atoms with van der Waals surface area (Å²) in [6.07, 6.45) is 1.71. The fourth-order valence-electron chi connectivity index (χ4n) is 3.39. The van der Waals surface area contributed by atoms with E-state index in [0.29, 0.717) is 20.5 Å². The summed E-state index contributed by atoms with van der Waals surface area (Å²) in [5.41, 5.74) is 8.22. The number of nitriles is 1. The van der Waals surface area contributed by atoms with Crippen LogP contribution in [0.5, 0.6) is 11.5 Å². The summed E-state index contributed by atoms with van der Waals surface area (Å²) >= 11 is 2.52. The molecule has 0 fully saturated rings. The van der Waals surface area contributed by atoms with Crippen LogP contribution in [0.3, 0.4) is 0 Å². The number of nitrogens with two attached hydrogens (primary N) is 1. The molecule has 0 atom stereocenters. The number of anilines is 3. The van der Waals surface area contributed by atoms with Crippen molar-refractivity contribution in [3.05, 3.63) is 106 Å². The third kappa shape index (κ3) is 4.77. The van der Waals surface area contributed by atoms with Gasteiger partial charge in [0.1, 0.15) is 33.0 Å². The fourth-order valence-corrected chi connectivity index (χ4v) is 5.43. The maximum absolute atomic E-state index is 13.2. The maximum atomic E-state index is 13.2. The minimum Gasteiger partial charge on any atom is -0.457 e. The lowest BCUT2D eigenvalue weighted by molar-refractivity contribution is 0.104. The molecule has 0 bridgehead atoms. The van der Waals surface area contributed by atoms with Gasteiger partial charge >= 0.3 is 0 Å². The highest BCUT2D eigenvalue weighted by Gasteiger charge is 2.23. The Labute approximate surface area is 209 Å². The number of nitrogens with one attached hydrogen (secondary N) is 1. The van der Waals surface area contributed by atoms with Crippen molar-refractivity contribution in [2.24, 2.45) is 0 Å². The van der Waals surface area contributed by atoms with Crippen molar-refractivity contribution >= 4 is 44.8 Å². The molecule has 0 aliphatic heterocycles. The molecule has 6 nitrogen and oxygen atoms in total. The SMILES string of the molecule is N#Cc1c(Nc2ccc(Oc3ccccc3)cc2)sc(C(=O)c2ccc(-c3ccccn3)s2)c1N. The van der Waals surface area contributed by atoms with E-state index in [9.17, 15) is 10.1 Å². The van der Waals surface area contributed by atoms with E-state index in [0.717, 1.165) is 22.0 Å². The number of para-hydroxylation sites is 1. The van der Waals surface area contributed by atoms with Gasteiger partial charge in [-0.2, -0.15) is 5.26 Å². The molecule has 5 aromatic rings. The van der Waals surface area contributed by atoms with Gasteiger partial charge in [-0.1, -0.05) is 24.3 Å². The number of ether oxygens (including phenoxy) is 1. The standard InChI is InChI=1S/C27H18N4O2S2/c28-16-20-24(29)26(25(32)23-14-13-22(34-23)21-8-4-5-15-30-21)35-27(20)31-17-9-11-19(12-10-17)33-18-6-2-1-3-7-18/h1-15,31H,29H2. The Morgan fingerprint density at radius 1 is 0.914 bits per heavy atom. The van der Waals surface area contributed by atoms with Gasteiger partial charge in [0.15, 0.2) is 0 Å². The van der Waals surface area contributed by atoms with Crippen molar-refractivity contribution in [3.63, 3.8) is 0 Å². The Morgan fingerprint density at radius 2 is 1.66 bits per heavy atom. The second-order valence-electron chi connectivity index (χ2n) is 7.43. The second kappa shape index (κ2) is 9.81. The van der Waals surface area contributed by atoms with Gasteiger partial charge in [-0.15, -0.1) is 22.7 Å². The molecule has 3 heterocycles. The van der Waals surface area contributed by atoms with Gasteiger partial charge in [0, 0.05) is 11.9 Å². The average molecular weight is 495 g/mol. The molecule has 35 heavy (non-hydrogen) atoms. The van der Waals surface area contributed by atoms with E-state index >= 15 is 0 Å². The zero-order chi connectivity index (χ0) is 24.2. The van der Waals surface area contributed by atoms with Gasteiger partial charge in [0.25, 0.3) is 0 Å². The van der Waals surface area contributed by atoms with E-state index in [-0.39, 0.29) is 17.0 Å². The van der Waals surface area contributed by atoms with Crippen LogP contribution in [0.15, 0.2) is 91.1 Å². The lowest BCUT2D eigenvalue weighted by Gasteiger charge is -2.08. The van der Waals surface area contributed by atoms with E-state index < -0.39 is 0 Å². The third-order valence-electron chi connectivity index (χ3n) is 5.10. The first-order valence-electron chi connectivity index (χ1n) is 10.6. The van der Waals surface area contributed by atoms with E-state index in [1.807, 2.05) is 78.9 Å². The number of pyridine rings is 1. The largest absolute Gasteiger partial charge is 0.457 e. The molecule has 8 heteroatoms. The smallest absolute Gasteiger partial charge is 0.215 e. The zero-order valence-electron chi connectivity index (χ0n) is 18.3. The van der Waals surface area contributed by atoms with Gasteiger partial charge in [-0.05, 0) is 60.7 Å². The number of rotatable bonds is 7. The quantitative estimate of drug-likeness (QED) is 0.234. The first-order chi connectivity index (χ1) is 17.1. The van der Waals surface area contributed by atoms with Gasteiger partial charge in [0.05, 0.1) is 21.1 Å². The normalized spacial score (nSPS) is 10.5. The fraction of sp³-hybridized carbons (Fsp3) is 0. The average Bonchev–Trinajstić information content (AvgIpc) is 3.51. The third-order valence-corrected chi connectivity index (χ3v) is 7.33. The topological polar surface area (TPSA) is 101 Å². The highest BCUT2D eigenvalue weighted by molar-refractivity contribution is 7.21. The minimum absolute atomic E-state index is 0.182. The monoisotopic (exact) mass is 494 g/mol. The number of aromatic nitrogens is 1. The number of hydrogen-bond donors (Lipinski definition) is 2. The predicted octanol–water partition coefficient (Wildman–Crippen LogP) is 7.09. The molecule has 0 aliphatic carbocycles. The van der Waals surface area contributed by atoms with Crippen LogP contribution in [-0.2, 0) is 0 Å². The molecule has 3 aromatic heterocycles. The van der Waals surface area contributed by atoms with Crippen molar-refractivity contribution in [3.8, 4) is 28.1 Å². The van der Waals surface area contributed by atoms with Crippen LogP contribution in [0.1, 0.15) is 20.1 Å². The van der Waals surface area contributed by atoms with Gasteiger partial charge in [-0.25, -0.2) is 0 Å². The van der Waals surface area contributed by atoms with Crippen LogP contribution < -0.4 is 15.8 Å². The van der Waals surface area contributed by atoms with Crippen molar-refractivity contribution in [1.82, 2.24) is 4.98 Å². The molecule has 3 N–H and O–H groups in total. The zero-order valence-corrected chi connectivity index (χ0v) is 19.9. The van der Waals surface area contributed by atoms with E-state index in [2.05, 4.69) is 16.4 Å². The number of ketones is 1. The van der Waals surface area contributed by atoms with Gasteiger partial charge in [0.2, 0.25) is 5.78 Å². The van der Waals surface area contributed by atoms with E-state index in [1.54, 1.807) is 12.3 Å². The molecule has 5 rings (SSSR count). The molecule has 0 saturated carbocycles. The molecular weight excluding hydrogens is 476 g/mol. The van der Waals surface area contributed by atoms with Gasteiger partial charge in [-0.3, -0.25) is 9.78 Å². The van der Waals surface area contributed by atoms with Gasteiger partial charge < -0.3 is 15.8 Å². The molecule has 0 radical (unpaired) electrons. The van der Waals surface area contributed by atoms with E-state index in [4.69, 9.17) is 10.5 Å². The number of nitrogen functional groups attached to an aromatic ring is 1. The van der Waals surface area contributed by atoms with Crippen molar-refractivity contribution < 1.29 is 9.53 Å². The molecule has 170 valence electrons. The molecular formula is C27H18N4O2S2. The summed E-state index contributed by atoms with van der Waals surface area (Å²) in [5.74, 6) is 1.22. The number of thiophene rings is 2. The predicted molar refractivity (Wildman–Crippen MR) is 141 cm³/mol. The lowest BCUT2D eigenvalue weighted by Crippen LogP contribution is -2.00. The van der Waals surface area contributed by atoms with Crippen LogP contribution in [-0.4, -0.2) is 10.8 Å².